The lowest BCUT2D eigenvalue weighted by Gasteiger charge is -2.09. The van der Waals surface area contributed by atoms with Crippen molar-refractivity contribution >= 4 is 29.2 Å². The first kappa shape index (κ1) is 20.4. The quantitative estimate of drug-likeness (QED) is 0.755. The summed E-state index contributed by atoms with van der Waals surface area (Å²) >= 11 is 1.12. The van der Waals surface area contributed by atoms with E-state index in [-0.39, 0.29) is 4.88 Å². The molecule has 0 unspecified atom stereocenters. The molecule has 144 valence electrons. The number of rotatable bonds is 5. The van der Waals surface area contributed by atoms with Gasteiger partial charge in [-0.2, -0.15) is 13.2 Å². The number of ether oxygens (including phenoxy) is 1. The molecule has 1 heterocycles. The van der Waals surface area contributed by atoms with Gasteiger partial charge in [0.1, 0.15) is 11.4 Å². The maximum Gasteiger partial charge on any atom is 0.405 e. The van der Waals surface area contributed by atoms with Crippen LogP contribution in [0.25, 0.3) is 11.1 Å². The summed E-state index contributed by atoms with van der Waals surface area (Å²) in [7, 11) is 0. The Morgan fingerprint density at radius 2 is 1.78 bits per heavy atom. The molecule has 0 bridgehead atoms. The number of amides is 3. The SMILES string of the molecule is Cc1ccc(-c2ccsc2C(=O)OCC(=O)NC(=O)NCC(F)(F)F)cc1. The number of hydrogen-bond acceptors (Lipinski definition) is 5. The zero-order valence-electron chi connectivity index (χ0n) is 14.1. The second-order valence-electron chi connectivity index (χ2n) is 5.45. The molecule has 2 rings (SSSR count). The van der Waals surface area contributed by atoms with Crippen LogP contribution in [-0.2, 0) is 9.53 Å². The number of alkyl halides is 3. The number of halogens is 3. The van der Waals surface area contributed by atoms with Crippen LogP contribution in [0.1, 0.15) is 15.2 Å². The molecule has 2 aromatic rings. The second-order valence-corrected chi connectivity index (χ2v) is 6.37. The standard InChI is InChI=1S/C17H15F3N2O4S/c1-10-2-4-11(5-3-10)12-6-7-27-14(12)15(24)26-8-13(23)22-16(25)21-9-17(18,19)20/h2-7H,8-9H2,1H3,(H2,21,22,23,25). The summed E-state index contributed by atoms with van der Waals surface area (Å²) in [5.41, 5.74) is 2.48. The number of hydrogen-bond donors (Lipinski definition) is 2. The molecule has 0 saturated carbocycles. The summed E-state index contributed by atoms with van der Waals surface area (Å²) in [5.74, 6) is -1.82. The molecule has 0 radical (unpaired) electrons. The van der Waals surface area contributed by atoms with Gasteiger partial charge in [0.05, 0.1) is 0 Å². The number of nitrogens with one attached hydrogen (secondary N) is 2. The predicted octanol–water partition coefficient (Wildman–Crippen LogP) is 3.27. The topological polar surface area (TPSA) is 84.5 Å². The second kappa shape index (κ2) is 8.67. The third-order valence-electron chi connectivity index (χ3n) is 3.25. The van der Waals surface area contributed by atoms with E-state index in [0.717, 1.165) is 22.5 Å². The number of imide groups is 1. The molecule has 0 spiro atoms. The van der Waals surface area contributed by atoms with Crippen LogP contribution in [0.2, 0.25) is 0 Å². The number of thiophene rings is 1. The van der Waals surface area contributed by atoms with Crippen molar-refractivity contribution in [3.05, 3.63) is 46.2 Å². The van der Waals surface area contributed by atoms with Gasteiger partial charge in [0.2, 0.25) is 0 Å². The van der Waals surface area contributed by atoms with E-state index in [1.165, 1.54) is 5.32 Å². The highest BCUT2D eigenvalue weighted by molar-refractivity contribution is 7.12. The van der Waals surface area contributed by atoms with Crippen molar-refractivity contribution in [1.82, 2.24) is 10.6 Å². The Bertz CT molecular complexity index is 831. The molecule has 2 N–H and O–H groups in total. The van der Waals surface area contributed by atoms with E-state index in [1.807, 2.05) is 31.2 Å². The first-order chi connectivity index (χ1) is 12.7. The van der Waals surface area contributed by atoms with Crippen LogP contribution in [0.5, 0.6) is 0 Å². The van der Waals surface area contributed by atoms with E-state index in [1.54, 1.807) is 16.8 Å². The fourth-order valence-electron chi connectivity index (χ4n) is 2.01. The highest BCUT2D eigenvalue weighted by atomic mass is 32.1. The molecule has 1 aromatic carbocycles. The number of aryl methyl sites for hydroxylation is 1. The van der Waals surface area contributed by atoms with Gasteiger partial charge in [-0.25, -0.2) is 9.59 Å². The van der Waals surface area contributed by atoms with Gasteiger partial charge in [0, 0.05) is 5.56 Å². The Labute approximate surface area is 156 Å². The van der Waals surface area contributed by atoms with E-state index in [9.17, 15) is 27.6 Å². The average molecular weight is 400 g/mol. The van der Waals surface area contributed by atoms with Crippen molar-refractivity contribution in [2.75, 3.05) is 13.2 Å². The smallest absolute Gasteiger partial charge is 0.405 e. The molecule has 0 aliphatic heterocycles. The molecule has 1 aromatic heterocycles. The zero-order chi connectivity index (χ0) is 20.0. The van der Waals surface area contributed by atoms with Crippen LogP contribution in [-0.4, -0.2) is 37.2 Å². The van der Waals surface area contributed by atoms with Crippen molar-refractivity contribution in [2.45, 2.75) is 13.1 Å². The third-order valence-corrected chi connectivity index (χ3v) is 4.14. The fraction of sp³-hybridized carbons (Fsp3) is 0.235. The summed E-state index contributed by atoms with van der Waals surface area (Å²) in [6, 6.07) is 7.85. The Balaban J connectivity index is 1.89. The molecule has 27 heavy (non-hydrogen) atoms. The molecule has 0 atom stereocenters. The largest absolute Gasteiger partial charge is 0.451 e. The summed E-state index contributed by atoms with van der Waals surface area (Å²) in [5, 5.41) is 4.80. The number of esters is 1. The normalized spacial score (nSPS) is 11.0. The first-order valence-electron chi connectivity index (χ1n) is 7.62. The Morgan fingerprint density at radius 1 is 1.11 bits per heavy atom. The highest BCUT2D eigenvalue weighted by Gasteiger charge is 2.28. The number of carbonyl (C=O) groups is 3. The highest BCUT2D eigenvalue weighted by Crippen LogP contribution is 2.29. The molecule has 0 fully saturated rings. The molecule has 3 amide bonds. The predicted molar refractivity (Wildman–Crippen MR) is 92.4 cm³/mol. The Hall–Kier alpha value is -2.88. The average Bonchev–Trinajstić information content (AvgIpc) is 3.08. The van der Waals surface area contributed by atoms with Gasteiger partial charge >= 0.3 is 18.2 Å². The van der Waals surface area contributed by atoms with Crippen molar-refractivity contribution in [3.63, 3.8) is 0 Å². The number of carbonyl (C=O) groups excluding carboxylic acids is 3. The van der Waals surface area contributed by atoms with Crippen molar-refractivity contribution in [2.24, 2.45) is 0 Å². The monoisotopic (exact) mass is 400 g/mol. The van der Waals surface area contributed by atoms with Crippen LogP contribution >= 0.6 is 11.3 Å². The van der Waals surface area contributed by atoms with Crippen molar-refractivity contribution in [3.8, 4) is 11.1 Å². The number of benzene rings is 1. The van der Waals surface area contributed by atoms with Gasteiger partial charge in [-0.15, -0.1) is 11.3 Å². The summed E-state index contributed by atoms with van der Waals surface area (Å²) < 4.78 is 40.7. The van der Waals surface area contributed by atoms with Gasteiger partial charge in [0.25, 0.3) is 5.91 Å². The molecule has 0 aliphatic rings. The minimum atomic E-state index is -4.60. The maximum atomic E-state index is 12.2. The molecule has 6 nitrogen and oxygen atoms in total. The molecule has 0 saturated heterocycles. The Kier molecular flexibility index (Phi) is 6.56. The van der Waals surface area contributed by atoms with Crippen molar-refractivity contribution in [1.29, 1.82) is 0 Å². The van der Waals surface area contributed by atoms with Crippen LogP contribution in [0.15, 0.2) is 35.7 Å². The number of urea groups is 1. The first-order valence-corrected chi connectivity index (χ1v) is 8.50. The van der Waals surface area contributed by atoms with Crippen LogP contribution in [0.3, 0.4) is 0 Å². The van der Waals surface area contributed by atoms with Gasteiger partial charge in [-0.05, 0) is 23.9 Å². The summed E-state index contributed by atoms with van der Waals surface area (Å²) in [4.78, 5) is 35.1. The van der Waals surface area contributed by atoms with Crippen LogP contribution < -0.4 is 10.6 Å². The Morgan fingerprint density at radius 3 is 2.41 bits per heavy atom. The third kappa shape index (κ3) is 6.41. The summed E-state index contributed by atoms with van der Waals surface area (Å²) in [6.07, 6.45) is -4.60. The lowest BCUT2D eigenvalue weighted by atomic mass is 10.1. The molecule has 0 aliphatic carbocycles. The lowest BCUT2D eigenvalue weighted by molar-refractivity contribution is -0.125. The van der Waals surface area contributed by atoms with Crippen LogP contribution in [0, 0.1) is 6.92 Å². The zero-order valence-corrected chi connectivity index (χ0v) is 14.9. The molecular weight excluding hydrogens is 385 g/mol. The van der Waals surface area contributed by atoms with E-state index in [0.29, 0.717) is 5.56 Å². The van der Waals surface area contributed by atoms with Crippen molar-refractivity contribution < 1.29 is 32.3 Å². The van der Waals surface area contributed by atoms with E-state index in [2.05, 4.69) is 0 Å². The molecule has 10 heteroatoms. The van der Waals surface area contributed by atoms with Crippen LogP contribution in [0.4, 0.5) is 18.0 Å². The van der Waals surface area contributed by atoms with E-state index in [4.69, 9.17) is 4.74 Å². The van der Waals surface area contributed by atoms with Gasteiger partial charge < -0.3 is 10.1 Å². The van der Waals surface area contributed by atoms with Gasteiger partial charge in [0.15, 0.2) is 6.61 Å². The lowest BCUT2D eigenvalue weighted by Crippen LogP contribution is -2.44. The fourth-order valence-corrected chi connectivity index (χ4v) is 2.82. The maximum absolute atomic E-state index is 12.2. The van der Waals surface area contributed by atoms with E-state index >= 15 is 0 Å². The summed E-state index contributed by atoms with van der Waals surface area (Å²) in [6.45, 7) is -0.458. The van der Waals surface area contributed by atoms with Gasteiger partial charge in [-0.3, -0.25) is 10.1 Å². The minimum Gasteiger partial charge on any atom is -0.451 e. The van der Waals surface area contributed by atoms with E-state index < -0.39 is 37.2 Å². The van der Waals surface area contributed by atoms with Gasteiger partial charge in [-0.1, -0.05) is 29.8 Å². The molecular formula is C17H15F3N2O4S. The minimum absolute atomic E-state index is 0.271.